The first kappa shape index (κ1) is 14.5. The van der Waals surface area contributed by atoms with Gasteiger partial charge in [-0.25, -0.2) is 0 Å². The third kappa shape index (κ3) is 3.40. The lowest BCUT2D eigenvalue weighted by atomic mass is 10.00. The van der Waals surface area contributed by atoms with Crippen molar-refractivity contribution in [1.29, 1.82) is 5.41 Å². The number of thiazole rings is 1. The molecule has 1 heterocycles. The molecule has 22 heavy (non-hydrogen) atoms. The summed E-state index contributed by atoms with van der Waals surface area (Å²) in [7, 11) is 0. The molecule has 0 aliphatic rings. The lowest BCUT2D eigenvalue weighted by molar-refractivity contribution is 1.02. The van der Waals surface area contributed by atoms with E-state index >= 15 is 0 Å². The van der Waals surface area contributed by atoms with Gasteiger partial charge in [0, 0.05) is 12.6 Å². The van der Waals surface area contributed by atoms with Gasteiger partial charge in [-0.1, -0.05) is 48.5 Å². The number of hydrogen-bond acceptors (Lipinski definition) is 3. The maximum atomic E-state index is 7.33. The summed E-state index contributed by atoms with van der Waals surface area (Å²) < 4.78 is 0. The van der Waals surface area contributed by atoms with Crippen LogP contribution in [0, 0.1) is 5.41 Å². The number of aromatic nitrogens is 1. The summed E-state index contributed by atoms with van der Waals surface area (Å²) in [6.45, 7) is 0. The van der Waals surface area contributed by atoms with Crippen molar-refractivity contribution in [3.05, 3.63) is 65.8 Å². The van der Waals surface area contributed by atoms with Crippen LogP contribution in [0.5, 0.6) is 0 Å². The summed E-state index contributed by atoms with van der Waals surface area (Å²) in [6.07, 6.45) is 3.30. The monoisotopic (exact) mass is 307 g/mol. The molecule has 0 spiro atoms. The van der Waals surface area contributed by atoms with Crippen molar-refractivity contribution in [3.8, 4) is 21.6 Å². The van der Waals surface area contributed by atoms with Gasteiger partial charge in [0.2, 0.25) is 0 Å². The van der Waals surface area contributed by atoms with E-state index < -0.39 is 0 Å². The number of nitrogens with zero attached hydrogens (tertiary/aromatic N) is 1. The summed E-state index contributed by atoms with van der Waals surface area (Å²) in [5, 5.41) is 7.33. The molecular weight excluding hydrogens is 290 g/mol. The van der Waals surface area contributed by atoms with Crippen LogP contribution in [-0.2, 0) is 6.42 Å². The van der Waals surface area contributed by atoms with Crippen molar-refractivity contribution in [2.24, 2.45) is 5.73 Å². The first-order chi connectivity index (χ1) is 10.7. The van der Waals surface area contributed by atoms with Crippen LogP contribution in [0.3, 0.4) is 0 Å². The Bertz CT molecular complexity index is 761. The molecular formula is C18H17N3S. The van der Waals surface area contributed by atoms with Crippen molar-refractivity contribution in [2.75, 3.05) is 0 Å². The van der Waals surface area contributed by atoms with Gasteiger partial charge in [0.15, 0.2) is 0 Å². The Labute approximate surface area is 134 Å². The minimum absolute atomic E-state index is 0.235. The van der Waals surface area contributed by atoms with Gasteiger partial charge >= 0.3 is 0 Å². The molecule has 0 atom stereocenters. The fourth-order valence-corrected chi connectivity index (χ4v) is 3.00. The molecule has 3 N–H and O–H groups in total. The second-order valence-electron chi connectivity index (χ2n) is 5.17. The van der Waals surface area contributed by atoms with Crippen LogP contribution in [-0.4, -0.2) is 10.8 Å². The largest absolute Gasteiger partial charge is 0.388 e. The van der Waals surface area contributed by atoms with Gasteiger partial charge in [-0.05, 0) is 28.7 Å². The van der Waals surface area contributed by atoms with Crippen LogP contribution in [0.4, 0.5) is 0 Å². The molecule has 4 heteroatoms. The highest BCUT2D eigenvalue weighted by atomic mass is 32.1. The number of nitrogens with two attached hydrogens (primary N) is 1. The molecule has 0 radical (unpaired) electrons. The molecule has 3 nitrogen and oxygen atoms in total. The zero-order valence-electron chi connectivity index (χ0n) is 12.1. The molecule has 0 aliphatic heterocycles. The van der Waals surface area contributed by atoms with Gasteiger partial charge in [0.25, 0.3) is 0 Å². The molecule has 3 aromatic rings. The average Bonchev–Trinajstić information content (AvgIpc) is 3.08. The van der Waals surface area contributed by atoms with E-state index in [0.29, 0.717) is 6.42 Å². The van der Waals surface area contributed by atoms with Crippen molar-refractivity contribution in [1.82, 2.24) is 4.98 Å². The third-order valence-electron chi connectivity index (χ3n) is 3.55. The number of nitrogens with one attached hydrogen (secondary N) is 1. The number of hydrogen-bond donors (Lipinski definition) is 2. The quantitative estimate of drug-likeness (QED) is 0.544. The SMILES string of the molecule is N=C(N)CCc1cccc(-c2ccc(-c3cncs3)cc2)c1. The van der Waals surface area contributed by atoms with E-state index in [1.807, 2.05) is 11.7 Å². The second kappa shape index (κ2) is 6.54. The van der Waals surface area contributed by atoms with Crippen LogP contribution in [0.1, 0.15) is 12.0 Å². The maximum Gasteiger partial charge on any atom is 0.0908 e. The smallest absolute Gasteiger partial charge is 0.0908 e. The van der Waals surface area contributed by atoms with Crippen LogP contribution in [0.25, 0.3) is 21.6 Å². The predicted molar refractivity (Wildman–Crippen MR) is 93.2 cm³/mol. The van der Waals surface area contributed by atoms with E-state index in [-0.39, 0.29) is 5.84 Å². The van der Waals surface area contributed by atoms with Gasteiger partial charge < -0.3 is 5.73 Å². The third-order valence-corrected chi connectivity index (χ3v) is 4.37. The second-order valence-corrected chi connectivity index (χ2v) is 6.05. The maximum absolute atomic E-state index is 7.33. The minimum Gasteiger partial charge on any atom is -0.388 e. The highest BCUT2D eigenvalue weighted by molar-refractivity contribution is 7.13. The summed E-state index contributed by atoms with van der Waals surface area (Å²) in [5.74, 6) is 0.235. The number of benzene rings is 2. The summed E-state index contributed by atoms with van der Waals surface area (Å²) in [5.41, 5.74) is 12.1. The van der Waals surface area contributed by atoms with Gasteiger partial charge in [0.05, 0.1) is 16.2 Å². The molecule has 0 amide bonds. The number of rotatable bonds is 5. The Kier molecular flexibility index (Phi) is 4.30. The fourth-order valence-electron chi connectivity index (χ4n) is 2.37. The van der Waals surface area contributed by atoms with E-state index in [1.165, 1.54) is 27.1 Å². The predicted octanol–water partition coefficient (Wildman–Crippen LogP) is 4.35. The van der Waals surface area contributed by atoms with Gasteiger partial charge in [-0.2, -0.15) is 0 Å². The molecule has 0 aliphatic carbocycles. The Morgan fingerprint density at radius 2 is 1.82 bits per heavy atom. The molecule has 110 valence electrons. The first-order valence-corrected chi connectivity index (χ1v) is 8.01. The van der Waals surface area contributed by atoms with Crippen LogP contribution in [0.15, 0.2) is 60.2 Å². The average molecular weight is 307 g/mol. The first-order valence-electron chi connectivity index (χ1n) is 7.13. The summed E-state index contributed by atoms with van der Waals surface area (Å²) in [6, 6.07) is 17.0. The summed E-state index contributed by atoms with van der Waals surface area (Å²) >= 11 is 1.65. The van der Waals surface area contributed by atoms with Crippen molar-refractivity contribution in [2.45, 2.75) is 12.8 Å². The van der Waals surface area contributed by atoms with Crippen molar-refractivity contribution < 1.29 is 0 Å². The molecule has 0 fully saturated rings. The van der Waals surface area contributed by atoms with E-state index in [4.69, 9.17) is 11.1 Å². The molecule has 2 aromatic carbocycles. The Hall–Kier alpha value is -2.46. The molecule has 0 unspecified atom stereocenters. The normalized spacial score (nSPS) is 10.5. The molecule has 1 aromatic heterocycles. The van der Waals surface area contributed by atoms with Crippen LogP contribution < -0.4 is 5.73 Å². The lowest BCUT2D eigenvalue weighted by Crippen LogP contribution is -2.10. The lowest BCUT2D eigenvalue weighted by Gasteiger charge is -2.06. The van der Waals surface area contributed by atoms with Gasteiger partial charge in [-0.3, -0.25) is 10.4 Å². The Morgan fingerprint density at radius 3 is 2.50 bits per heavy atom. The van der Waals surface area contributed by atoms with E-state index in [2.05, 4.69) is 53.5 Å². The summed E-state index contributed by atoms with van der Waals surface area (Å²) in [4.78, 5) is 5.30. The zero-order valence-corrected chi connectivity index (χ0v) is 12.9. The minimum atomic E-state index is 0.235. The highest BCUT2D eigenvalue weighted by Gasteiger charge is 2.03. The van der Waals surface area contributed by atoms with E-state index in [0.717, 1.165) is 6.42 Å². The van der Waals surface area contributed by atoms with E-state index in [9.17, 15) is 0 Å². The van der Waals surface area contributed by atoms with E-state index in [1.54, 1.807) is 11.3 Å². The number of aryl methyl sites for hydroxylation is 1. The molecule has 3 rings (SSSR count). The Balaban J connectivity index is 1.82. The van der Waals surface area contributed by atoms with Gasteiger partial charge in [0.1, 0.15) is 0 Å². The standard InChI is InChI=1S/C18H17N3S/c19-18(20)9-4-13-2-1-3-16(10-13)14-5-7-15(8-6-14)17-11-21-12-22-17/h1-3,5-8,10-12H,4,9H2,(H3,19,20). The topological polar surface area (TPSA) is 62.8 Å². The van der Waals surface area contributed by atoms with Crippen LogP contribution in [0.2, 0.25) is 0 Å². The molecule has 0 saturated heterocycles. The molecule has 0 saturated carbocycles. The van der Waals surface area contributed by atoms with Crippen LogP contribution >= 0.6 is 11.3 Å². The number of amidine groups is 1. The van der Waals surface area contributed by atoms with Gasteiger partial charge in [-0.15, -0.1) is 11.3 Å². The van der Waals surface area contributed by atoms with Crippen molar-refractivity contribution >= 4 is 17.2 Å². The highest BCUT2D eigenvalue weighted by Crippen LogP contribution is 2.27. The molecule has 0 bridgehead atoms. The van der Waals surface area contributed by atoms with Crippen molar-refractivity contribution in [3.63, 3.8) is 0 Å². The zero-order chi connectivity index (χ0) is 15.4. The fraction of sp³-hybridized carbons (Fsp3) is 0.111. The Morgan fingerprint density at radius 1 is 1.05 bits per heavy atom.